The number of nitrogens with zero attached hydrogens (tertiary/aromatic N) is 1. The number of aliphatic carboxylic acids is 1. The molecule has 4 nitrogen and oxygen atoms in total. The van der Waals surface area contributed by atoms with Crippen LogP contribution < -0.4 is 10.2 Å². The van der Waals surface area contributed by atoms with E-state index in [4.69, 9.17) is 0 Å². The van der Waals surface area contributed by atoms with E-state index in [0.717, 1.165) is 25.9 Å². The van der Waals surface area contributed by atoms with Gasteiger partial charge in [-0.15, -0.1) is 0 Å². The van der Waals surface area contributed by atoms with Crippen molar-refractivity contribution in [2.75, 3.05) is 18.0 Å². The molecular weight excluding hydrogens is 252 g/mol. The molecule has 1 aliphatic heterocycles. The normalized spacial score (nSPS) is 16.1. The highest BCUT2D eigenvalue weighted by Crippen LogP contribution is 2.26. The number of anilines is 1. The van der Waals surface area contributed by atoms with Crippen LogP contribution in [0.2, 0.25) is 0 Å². The summed E-state index contributed by atoms with van der Waals surface area (Å²) in [6.07, 6.45) is 2.90. The minimum Gasteiger partial charge on any atom is -0.480 e. The minimum absolute atomic E-state index is 0.185. The Morgan fingerprint density at radius 2 is 2.15 bits per heavy atom. The van der Waals surface area contributed by atoms with E-state index >= 15 is 0 Å². The number of aryl methyl sites for hydroxylation is 1. The maximum Gasteiger partial charge on any atom is 0.320 e. The molecule has 1 heterocycles. The highest BCUT2D eigenvalue weighted by molar-refractivity contribution is 5.73. The van der Waals surface area contributed by atoms with Crippen LogP contribution in [-0.4, -0.2) is 36.2 Å². The lowest BCUT2D eigenvalue weighted by Crippen LogP contribution is -2.43. The lowest BCUT2D eigenvalue weighted by Gasteiger charge is -2.32. The van der Waals surface area contributed by atoms with Crippen LogP contribution in [0, 0.1) is 0 Å². The van der Waals surface area contributed by atoms with Gasteiger partial charge in [0.2, 0.25) is 0 Å². The molecule has 0 fully saturated rings. The third kappa shape index (κ3) is 3.73. The molecule has 0 saturated heterocycles. The highest BCUT2D eigenvalue weighted by Gasteiger charge is 2.21. The Hall–Kier alpha value is -1.55. The summed E-state index contributed by atoms with van der Waals surface area (Å²) in [5, 5.41) is 12.4. The van der Waals surface area contributed by atoms with Gasteiger partial charge in [-0.25, -0.2) is 0 Å². The quantitative estimate of drug-likeness (QED) is 0.837. The first kappa shape index (κ1) is 14.9. The van der Waals surface area contributed by atoms with Gasteiger partial charge in [0.25, 0.3) is 0 Å². The number of hydrogen-bond donors (Lipinski definition) is 2. The Morgan fingerprint density at radius 1 is 1.40 bits per heavy atom. The molecular formula is C16H24N2O2. The van der Waals surface area contributed by atoms with Gasteiger partial charge in [0.1, 0.15) is 6.04 Å². The SMILES string of the molecule is CC(C)NC(CCN1CCCc2ccccc21)C(=O)O. The Bertz CT molecular complexity index is 460. The molecule has 0 aromatic heterocycles. The second-order valence-electron chi connectivity index (χ2n) is 5.72. The Labute approximate surface area is 120 Å². The third-order valence-electron chi connectivity index (χ3n) is 3.73. The van der Waals surface area contributed by atoms with Crippen LogP contribution in [0.5, 0.6) is 0 Å². The number of rotatable bonds is 6. The molecule has 2 rings (SSSR count). The molecule has 0 saturated carbocycles. The molecule has 2 N–H and O–H groups in total. The van der Waals surface area contributed by atoms with Crippen molar-refractivity contribution in [3.05, 3.63) is 29.8 Å². The summed E-state index contributed by atoms with van der Waals surface area (Å²) >= 11 is 0. The fourth-order valence-corrected chi connectivity index (χ4v) is 2.81. The van der Waals surface area contributed by atoms with E-state index in [2.05, 4.69) is 34.5 Å². The van der Waals surface area contributed by atoms with E-state index in [-0.39, 0.29) is 6.04 Å². The molecule has 0 bridgehead atoms. The van der Waals surface area contributed by atoms with Crippen LogP contribution >= 0.6 is 0 Å². The number of hydrogen-bond acceptors (Lipinski definition) is 3. The lowest BCUT2D eigenvalue weighted by atomic mass is 10.0. The zero-order valence-corrected chi connectivity index (χ0v) is 12.3. The molecule has 1 aromatic rings. The molecule has 4 heteroatoms. The maximum atomic E-state index is 11.3. The van der Waals surface area contributed by atoms with Crippen molar-refractivity contribution in [1.29, 1.82) is 0 Å². The maximum absolute atomic E-state index is 11.3. The molecule has 0 spiro atoms. The zero-order chi connectivity index (χ0) is 14.5. The summed E-state index contributed by atoms with van der Waals surface area (Å²) in [5.41, 5.74) is 2.65. The molecule has 0 aliphatic carbocycles. The summed E-state index contributed by atoms with van der Waals surface area (Å²) in [6.45, 7) is 5.76. The van der Waals surface area contributed by atoms with Crippen LogP contribution in [0.3, 0.4) is 0 Å². The Balaban J connectivity index is 1.98. The van der Waals surface area contributed by atoms with E-state index in [1.54, 1.807) is 0 Å². The topological polar surface area (TPSA) is 52.6 Å². The van der Waals surface area contributed by atoms with E-state index in [1.165, 1.54) is 11.3 Å². The minimum atomic E-state index is -0.760. The molecule has 20 heavy (non-hydrogen) atoms. The second-order valence-corrected chi connectivity index (χ2v) is 5.72. The van der Waals surface area contributed by atoms with E-state index in [1.807, 2.05) is 13.8 Å². The molecule has 0 radical (unpaired) electrons. The van der Waals surface area contributed by atoms with Crippen LogP contribution in [0.15, 0.2) is 24.3 Å². The van der Waals surface area contributed by atoms with Crippen LogP contribution in [0.1, 0.15) is 32.3 Å². The fourth-order valence-electron chi connectivity index (χ4n) is 2.81. The fraction of sp³-hybridized carbons (Fsp3) is 0.562. The zero-order valence-electron chi connectivity index (χ0n) is 12.3. The summed E-state index contributed by atoms with van der Waals surface area (Å²) in [5.74, 6) is -0.760. The number of benzene rings is 1. The van der Waals surface area contributed by atoms with Gasteiger partial charge in [0.05, 0.1) is 0 Å². The molecule has 1 aliphatic rings. The van der Waals surface area contributed by atoms with Crippen LogP contribution in [-0.2, 0) is 11.2 Å². The van der Waals surface area contributed by atoms with Gasteiger partial charge in [-0.3, -0.25) is 4.79 Å². The highest BCUT2D eigenvalue weighted by atomic mass is 16.4. The standard InChI is InChI=1S/C16H24N2O2/c1-12(2)17-14(16(19)20)9-11-18-10-5-7-13-6-3-4-8-15(13)18/h3-4,6,8,12,14,17H,5,7,9-11H2,1-2H3,(H,19,20). The largest absolute Gasteiger partial charge is 0.480 e. The third-order valence-corrected chi connectivity index (χ3v) is 3.73. The first-order chi connectivity index (χ1) is 9.58. The van der Waals surface area contributed by atoms with Crippen molar-refractivity contribution in [3.8, 4) is 0 Å². The average molecular weight is 276 g/mol. The number of carboxylic acids is 1. The van der Waals surface area contributed by atoms with Gasteiger partial charge in [-0.2, -0.15) is 0 Å². The molecule has 1 atom stereocenters. The van der Waals surface area contributed by atoms with Gasteiger partial charge >= 0.3 is 5.97 Å². The number of nitrogens with one attached hydrogen (secondary N) is 1. The Morgan fingerprint density at radius 3 is 2.85 bits per heavy atom. The van der Waals surface area contributed by atoms with Crippen molar-refractivity contribution in [3.63, 3.8) is 0 Å². The summed E-state index contributed by atoms with van der Waals surface area (Å²) < 4.78 is 0. The lowest BCUT2D eigenvalue weighted by molar-refractivity contribution is -0.139. The van der Waals surface area contributed by atoms with Crippen molar-refractivity contribution in [1.82, 2.24) is 5.32 Å². The van der Waals surface area contributed by atoms with Gasteiger partial charge in [-0.05, 0) is 30.9 Å². The van der Waals surface area contributed by atoms with Crippen molar-refractivity contribution in [2.24, 2.45) is 0 Å². The molecule has 1 unspecified atom stereocenters. The molecule has 1 aromatic carbocycles. The van der Waals surface area contributed by atoms with Crippen LogP contribution in [0.4, 0.5) is 5.69 Å². The van der Waals surface area contributed by atoms with Crippen molar-refractivity contribution >= 4 is 11.7 Å². The Kier molecular flexibility index (Phi) is 5.01. The predicted molar refractivity (Wildman–Crippen MR) is 81.3 cm³/mol. The van der Waals surface area contributed by atoms with Gasteiger partial charge in [0.15, 0.2) is 0 Å². The molecule has 110 valence electrons. The van der Waals surface area contributed by atoms with Crippen molar-refractivity contribution in [2.45, 2.75) is 45.2 Å². The molecule has 0 amide bonds. The number of carbonyl (C=O) groups is 1. The monoisotopic (exact) mass is 276 g/mol. The number of carboxylic acid groups (broad SMARTS) is 1. The van der Waals surface area contributed by atoms with E-state index in [9.17, 15) is 9.90 Å². The van der Waals surface area contributed by atoms with Gasteiger partial charge in [0, 0.05) is 24.8 Å². The number of para-hydroxylation sites is 1. The average Bonchev–Trinajstić information content (AvgIpc) is 2.42. The van der Waals surface area contributed by atoms with Crippen LogP contribution in [0.25, 0.3) is 0 Å². The first-order valence-corrected chi connectivity index (χ1v) is 7.39. The predicted octanol–water partition coefficient (Wildman–Crippen LogP) is 2.28. The van der Waals surface area contributed by atoms with Gasteiger partial charge in [-0.1, -0.05) is 32.0 Å². The van der Waals surface area contributed by atoms with E-state index in [0.29, 0.717) is 6.42 Å². The summed E-state index contributed by atoms with van der Waals surface area (Å²) in [6, 6.07) is 8.15. The summed E-state index contributed by atoms with van der Waals surface area (Å²) in [7, 11) is 0. The van der Waals surface area contributed by atoms with Gasteiger partial charge < -0.3 is 15.3 Å². The summed E-state index contributed by atoms with van der Waals surface area (Å²) in [4.78, 5) is 13.6. The van der Waals surface area contributed by atoms with Crippen molar-refractivity contribution < 1.29 is 9.90 Å². The first-order valence-electron chi connectivity index (χ1n) is 7.39. The second kappa shape index (κ2) is 6.75. The number of fused-ring (bicyclic) bond motifs is 1. The smallest absolute Gasteiger partial charge is 0.320 e. The van der Waals surface area contributed by atoms with E-state index < -0.39 is 12.0 Å².